The van der Waals surface area contributed by atoms with Crippen LogP contribution in [0, 0.1) is 0 Å². The Bertz CT molecular complexity index is 939. The zero-order valence-electron chi connectivity index (χ0n) is 15.8. The van der Waals surface area contributed by atoms with Crippen LogP contribution in [0.5, 0.6) is 11.5 Å². The largest absolute Gasteiger partial charge is 0.489 e. The van der Waals surface area contributed by atoms with Crippen LogP contribution in [0.1, 0.15) is 11.1 Å². The minimum atomic E-state index is -0.397. The number of nitrogens with one attached hydrogen (secondary N) is 1. The molecule has 0 aliphatic rings. The maximum atomic E-state index is 12.0. The second-order valence-electron chi connectivity index (χ2n) is 6.42. The highest BCUT2D eigenvalue weighted by atomic mass is 16.5. The van der Waals surface area contributed by atoms with Gasteiger partial charge in [0.1, 0.15) is 18.1 Å². The topological polar surface area (TPSA) is 90.7 Å². The lowest BCUT2D eigenvalue weighted by Crippen LogP contribution is -2.20. The van der Waals surface area contributed by atoms with E-state index in [0.29, 0.717) is 18.0 Å². The molecule has 0 saturated carbocycles. The number of benzene rings is 3. The van der Waals surface area contributed by atoms with Crippen LogP contribution in [0.2, 0.25) is 0 Å². The van der Waals surface area contributed by atoms with Crippen LogP contribution < -0.4 is 20.5 Å². The van der Waals surface area contributed by atoms with Gasteiger partial charge in [0.25, 0.3) is 5.91 Å². The molecular weight excluding hydrogens is 368 g/mol. The van der Waals surface area contributed by atoms with Crippen LogP contribution in [0.15, 0.2) is 78.9 Å². The van der Waals surface area contributed by atoms with Crippen molar-refractivity contribution < 1.29 is 19.1 Å². The highest BCUT2D eigenvalue weighted by Crippen LogP contribution is 2.19. The Labute approximate surface area is 169 Å². The van der Waals surface area contributed by atoms with E-state index in [1.807, 2.05) is 30.3 Å². The Balaban J connectivity index is 1.43. The first kappa shape index (κ1) is 19.9. The lowest BCUT2D eigenvalue weighted by atomic mass is 10.1. The van der Waals surface area contributed by atoms with E-state index in [4.69, 9.17) is 15.2 Å². The number of hydrogen-bond acceptors (Lipinski definition) is 4. The molecule has 0 radical (unpaired) electrons. The van der Waals surface area contributed by atoms with E-state index >= 15 is 0 Å². The second kappa shape index (κ2) is 9.94. The molecule has 0 bridgehead atoms. The smallest absolute Gasteiger partial charge is 0.262 e. The van der Waals surface area contributed by atoms with Crippen molar-refractivity contribution in [2.45, 2.75) is 13.0 Å². The number of rotatable bonds is 9. The predicted octanol–water partition coefficient (Wildman–Crippen LogP) is 3.31. The maximum absolute atomic E-state index is 12.0. The molecule has 0 fully saturated rings. The molecule has 0 aromatic heterocycles. The summed E-state index contributed by atoms with van der Waals surface area (Å²) in [6, 6.07) is 23.9. The maximum Gasteiger partial charge on any atom is 0.262 e. The number of anilines is 1. The van der Waals surface area contributed by atoms with Crippen molar-refractivity contribution in [1.29, 1.82) is 0 Å². The van der Waals surface area contributed by atoms with Gasteiger partial charge in [0.15, 0.2) is 6.61 Å². The van der Waals surface area contributed by atoms with Crippen LogP contribution in [0.25, 0.3) is 0 Å². The van der Waals surface area contributed by atoms with Crippen LogP contribution in [0.3, 0.4) is 0 Å². The van der Waals surface area contributed by atoms with Crippen molar-refractivity contribution in [3.63, 3.8) is 0 Å². The van der Waals surface area contributed by atoms with Crippen molar-refractivity contribution in [3.8, 4) is 11.5 Å². The molecule has 148 valence electrons. The highest BCUT2D eigenvalue weighted by Gasteiger charge is 2.05. The zero-order valence-corrected chi connectivity index (χ0v) is 15.8. The molecule has 3 aromatic carbocycles. The summed E-state index contributed by atoms with van der Waals surface area (Å²) in [6.07, 6.45) is 0.169. The molecule has 0 heterocycles. The van der Waals surface area contributed by atoms with Crippen molar-refractivity contribution >= 4 is 17.5 Å². The summed E-state index contributed by atoms with van der Waals surface area (Å²) in [5.41, 5.74) is 7.66. The second-order valence-corrected chi connectivity index (χ2v) is 6.42. The minimum absolute atomic E-state index is 0.118. The fraction of sp³-hybridized carbons (Fsp3) is 0.130. The van der Waals surface area contributed by atoms with Crippen molar-refractivity contribution in [2.24, 2.45) is 5.73 Å². The van der Waals surface area contributed by atoms with E-state index in [9.17, 15) is 9.59 Å². The third-order valence-electron chi connectivity index (χ3n) is 4.06. The first-order valence-corrected chi connectivity index (χ1v) is 9.15. The van der Waals surface area contributed by atoms with Gasteiger partial charge in [-0.2, -0.15) is 0 Å². The third-order valence-corrected chi connectivity index (χ3v) is 4.06. The number of primary amides is 1. The lowest BCUT2D eigenvalue weighted by Gasteiger charge is -2.10. The van der Waals surface area contributed by atoms with E-state index in [-0.39, 0.29) is 18.9 Å². The molecule has 0 spiro atoms. The summed E-state index contributed by atoms with van der Waals surface area (Å²) in [4.78, 5) is 22.9. The van der Waals surface area contributed by atoms with Gasteiger partial charge in [0.05, 0.1) is 6.42 Å². The molecule has 2 amide bonds. The number of carbonyl (C=O) groups excluding carboxylic acids is 2. The number of amides is 2. The Morgan fingerprint density at radius 1 is 0.759 bits per heavy atom. The summed E-state index contributed by atoms with van der Waals surface area (Å²) in [7, 11) is 0. The average Bonchev–Trinajstić information content (AvgIpc) is 2.73. The standard InChI is InChI=1S/C23H22N2O4/c24-22(26)14-17-6-8-19(9-7-17)25-23(27)16-29-21-12-10-20(11-13-21)28-15-18-4-2-1-3-5-18/h1-13H,14-16H2,(H2,24,26)(H,25,27). The molecule has 0 aliphatic carbocycles. The van der Waals surface area contributed by atoms with E-state index in [0.717, 1.165) is 16.9 Å². The summed E-state index contributed by atoms with van der Waals surface area (Å²) in [5, 5.41) is 2.74. The van der Waals surface area contributed by atoms with Gasteiger partial charge in [0.2, 0.25) is 5.91 Å². The Hall–Kier alpha value is -3.80. The molecular formula is C23H22N2O4. The minimum Gasteiger partial charge on any atom is -0.489 e. The number of carbonyl (C=O) groups is 2. The summed E-state index contributed by atoms with van der Waals surface area (Å²) in [6.45, 7) is 0.370. The SMILES string of the molecule is NC(=O)Cc1ccc(NC(=O)COc2ccc(OCc3ccccc3)cc2)cc1. The number of ether oxygens (including phenoxy) is 2. The monoisotopic (exact) mass is 390 g/mol. The summed E-state index contributed by atoms with van der Waals surface area (Å²) < 4.78 is 11.2. The van der Waals surface area contributed by atoms with Crippen molar-refractivity contribution in [3.05, 3.63) is 90.0 Å². The van der Waals surface area contributed by atoms with E-state index < -0.39 is 5.91 Å². The molecule has 0 saturated heterocycles. The molecule has 3 N–H and O–H groups in total. The fourth-order valence-corrected chi connectivity index (χ4v) is 2.63. The molecule has 0 atom stereocenters. The fourth-order valence-electron chi connectivity index (χ4n) is 2.63. The Morgan fingerprint density at radius 3 is 2.00 bits per heavy atom. The molecule has 0 aliphatic heterocycles. The summed E-state index contributed by atoms with van der Waals surface area (Å²) >= 11 is 0. The summed E-state index contributed by atoms with van der Waals surface area (Å²) in [5.74, 6) is 0.620. The number of nitrogens with two attached hydrogens (primary N) is 1. The molecule has 3 aromatic rings. The van der Waals surface area contributed by atoms with Gasteiger partial charge in [-0.15, -0.1) is 0 Å². The van der Waals surface area contributed by atoms with Gasteiger partial charge in [-0.3, -0.25) is 9.59 Å². The molecule has 0 unspecified atom stereocenters. The normalized spacial score (nSPS) is 10.2. The van der Waals surface area contributed by atoms with Gasteiger partial charge in [0, 0.05) is 5.69 Å². The van der Waals surface area contributed by atoms with Crippen LogP contribution >= 0.6 is 0 Å². The van der Waals surface area contributed by atoms with E-state index in [1.54, 1.807) is 48.5 Å². The van der Waals surface area contributed by atoms with E-state index in [1.165, 1.54) is 0 Å². The predicted molar refractivity (Wildman–Crippen MR) is 111 cm³/mol. The van der Waals surface area contributed by atoms with Gasteiger partial charge < -0.3 is 20.5 Å². The lowest BCUT2D eigenvalue weighted by molar-refractivity contribution is -0.118. The Kier molecular flexibility index (Phi) is 6.84. The zero-order chi connectivity index (χ0) is 20.5. The number of hydrogen-bond donors (Lipinski definition) is 2. The van der Waals surface area contributed by atoms with Gasteiger partial charge in [-0.25, -0.2) is 0 Å². The first-order chi connectivity index (χ1) is 14.1. The molecule has 3 rings (SSSR count). The average molecular weight is 390 g/mol. The van der Waals surface area contributed by atoms with Crippen LogP contribution in [-0.2, 0) is 22.6 Å². The van der Waals surface area contributed by atoms with Crippen molar-refractivity contribution in [1.82, 2.24) is 0 Å². The van der Waals surface area contributed by atoms with Crippen LogP contribution in [0.4, 0.5) is 5.69 Å². The molecule has 6 heteroatoms. The quantitative estimate of drug-likeness (QED) is 0.586. The van der Waals surface area contributed by atoms with Gasteiger partial charge >= 0.3 is 0 Å². The van der Waals surface area contributed by atoms with Gasteiger partial charge in [-0.1, -0.05) is 42.5 Å². The molecule has 6 nitrogen and oxygen atoms in total. The van der Waals surface area contributed by atoms with E-state index in [2.05, 4.69) is 5.32 Å². The van der Waals surface area contributed by atoms with Crippen LogP contribution in [-0.4, -0.2) is 18.4 Å². The third kappa shape index (κ3) is 6.70. The highest BCUT2D eigenvalue weighted by molar-refractivity contribution is 5.91. The van der Waals surface area contributed by atoms with Crippen molar-refractivity contribution in [2.75, 3.05) is 11.9 Å². The first-order valence-electron chi connectivity index (χ1n) is 9.15. The molecule has 29 heavy (non-hydrogen) atoms. The Morgan fingerprint density at radius 2 is 1.38 bits per heavy atom. The van der Waals surface area contributed by atoms with Gasteiger partial charge in [-0.05, 0) is 47.5 Å².